The van der Waals surface area contributed by atoms with Crippen molar-refractivity contribution >= 4 is 34.9 Å². The number of aliphatic hydroxyl groups is 1. The molecule has 4 rings (SSSR count). The second-order valence-corrected chi connectivity index (χ2v) is 7.83. The topological polar surface area (TPSA) is 92.9 Å². The third-order valence-corrected chi connectivity index (χ3v) is 5.35. The monoisotopic (exact) mass is 452 g/mol. The first-order chi connectivity index (χ1) is 15.4. The van der Waals surface area contributed by atoms with Crippen molar-refractivity contribution in [1.29, 1.82) is 0 Å². The van der Waals surface area contributed by atoms with Gasteiger partial charge in [0.1, 0.15) is 17.3 Å². The van der Waals surface area contributed by atoms with Gasteiger partial charge in [0.25, 0.3) is 5.78 Å². The van der Waals surface area contributed by atoms with Gasteiger partial charge >= 0.3 is 5.91 Å². The summed E-state index contributed by atoms with van der Waals surface area (Å²) in [6, 6.07) is 14.1. The molecule has 1 amide bonds. The second-order valence-electron chi connectivity index (χ2n) is 7.39. The Morgan fingerprint density at radius 3 is 2.44 bits per heavy atom. The van der Waals surface area contributed by atoms with Gasteiger partial charge in [-0.15, -0.1) is 0 Å². The number of anilines is 1. The molecule has 8 heteroatoms. The van der Waals surface area contributed by atoms with E-state index in [4.69, 9.17) is 20.9 Å². The Labute approximate surface area is 189 Å². The largest absolute Gasteiger partial charge is 0.507 e. The minimum atomic E-state index is -0.896. The zero-order valence-electron chi connectivity index (χ0n) is 17.5. The fraction of sp³-hybridized carbons (Fsp3) is 0.208. The van der Waals surface area contributed by atoms with Gasteiger partial charge in [-0.25, -0.2) is 0 Å². The maximum absolute atomic E-state index is 13.1. The first kappa shape index (κ1) is 21.6. The predicted octanol–water partition coefficient (Wildman–Crippen LogP) is 5.05. The van der Waals surface area contributed by atoms with Crippen molar-refractivity contribution in [2.75, 3.05) is 11.5 Å². The number of carbonyl (C=O) groups is 2. The minimum Gasteiger partial charge on any atom is -0.507 e. The molecule has 0 saturated carbocycles. The van der Waals surface area contributed by atoms with Gasteiger partial charge in [-0.05, 0) is 55.3 Å². The summed E-state index contributed by atoms with van der Waals surface area (Å²) in [7, 11) is 0. The lowest BCUT2D eigenvalue weighted by molar-refractivity contribution is -0.132. The Balaban J connectivity index is 1.83. The molecule has 0 spiro atoms. The van der Waals surface area contributed by atoms with E-state index >= 15 is 0 Å². The summed E-state index contributed by atoms with van der Waals surface area (Å²) < 4.78 is 10.7. The third kappa shape index (κ3) is 3.99. The molecular formula is C24H21ClN2O5. The van der Waals surface area contributed by atoms with E-state index in [0.29, 0.717) is 34.3 Å². The number of aromatic nitrogens is 1. The number of hydrogen-bond donors (Lipinski definition) is 1. The Morgan fingerprint density at radius 2 is 1.84 bits per heavy atom. The number of aryl methyl sites for hydroxylation is 1. The first-order valence-corrected chi connectivity index (χ1v) is 10.5. The van der Waals surface area contributed by atoms with E-state index in [1.165, 1.54) is 4.90 Å². The lowest BCUT2D eigenvalue weighted by Gasteiger charge is -2.22. The van der Waals surface area contributed by atoms with Crippen LogP contribution in [0.15, 0.2) is 64.7 Å². The number of rotatable bonds is 6. The number of ether oxygens (including phenoxy) is 1. The molecule has 1 atom stereocenters. The molecule has 1 unspecified atom stereocenters. The lowest BCUT2D eigenvalue weighted by Crippen LogP contribution is -2.29. The molecule has 164 valence electrons. The molecule has 7 nitrogen and oxygen atoms in total. The molecule has 1 aliphatic rings. The van der Waals surface area contributed by atoms with Crippen molar-refractivity contribution in [2.24, 2.45) is 0 Å². The van der Waals surface area contributed by atoms with Gasteiger partial charge in [-0.2, -0.15) is 0 Å². The average Bonchev–Trinajstić information content (AvgIpc) is 3.33. The van der Waals surface area contributed by atoms with E-state index in [9.17, 15) is 14.7 Å². The quantitative estimate of drug-likeness (QED) is 0.319. The number of aliphatic hydroxyl groups excluding tert-OH is 1. The highest BCUT2D eigenvalue weighted by Crippen LogP contribution is 2.42. The van der Waals surface area contributed by atoms with E-state index in [-0.39, 0.29) is 17.2 Å². The molecule has 1 saturated heterocycles. The van der Waals surface area contributed by atoms with Crippen LogP contribution in [0.5, 0.6) is 5.75 Å². The van der Waals surface area contributed by atoms with Gasteiger partial charge in [0.15, 0.2) is 5.82 Å². The second kappa shape index (κ2) is 8.88. The summed E-state index contributed by atoms with van der Waals surface area (Å²) in [5.41, 5.74) is 0.945. The summed E-state index contributed by atoms with van der Waals surface area (Å²) in [5, 5.41) is 15.5. The number of amides is 1. The fourth-order valence-corrected chi connectivity index (χ4v) is 3.71. The number of ketones is 1. The SMILES string of the molecule is CCCOc1ccc(/C(O)=C2\C(=O)C(=O)N(c3cc(C)on3)C2c2ccc(Cl)cc2)cc1. The molecule has 1 aliphatic heterocycles. The van der Waals surface area contributed by atoms with Crippen LogP contribution in [0.1, 0.15) is 36.3 Å². The molecule has 0 bridgehead atoms. The summed E-state index contributed by atoms with van der Waals surface area (Å²) >= 11 is 6.03. The maximum atomic E-state index is 13.1. The Kier molecular flexibility index (Phi) is 6.01. The van der Waals surface area contributed by atoms with Crippen LogP contribution in [-0.4, -0.2) is 28.6 Å². The summed E-state index contributed by atoms with van der Waals surface area (Å²) in [5.74, 6) is -0.576. The zero-order chi connectivity index (χ0) is 22.8. The first-order valence-electron chi connectivity index (χ1n) is 10.1. The highest BCUT2D eigenvalue weighted by molar-refractivity contribution is 6.51. The van der Waals surface area contributed by atoms with Crippen LogP contribution >= 0.6 is 11.6 Å². The highest BCUT2D eigenvalue weighted by Gasteiger charge is 2.48. The van der Waals surface area contributed by atoms with Crippen molar-refractivity contribution < 1.29 is 24.0 Å². The lowest BCUT2D eigenvalue weighted by atomic mass is 9.95. The zero-order valence-corrected chi connectivity index (χ0v) is 18.3. The number of benzene rings is 2. The Morgan fingerprint density at radius 1 is 1.16 bits per heavy atom. The van der Waals surface area contributed by atoms with Crippen LogP contribution in [-0.2, 0) is 9.59 Å². The van der Waals surface area contributed by atoms with E-state index < -0.39 is 17.7 Å². The fourth-order valence-electron chi connectivity index (χ4n) is 3.58. The van der Waals surface area contributed by atoms with Crippen LogP contribution < -0.4 is 9.64 Å². The molecule has 1 fully saturated rings. The molecule has 1 N–H and O–H groups in total. The summed E-state index contributed by atoms with van der Waals surface area (Å²) in [6.07, 6.45) is 0.869. The van der Waals surface area contributed by atoms with Crippen LogP contribution in [0.4, 0.5) is 5.82 Å². The molecule has 3 aromatic rings. The van der Waals surface area contributed by atoms with E-state index in [1.54, 1.807) is 61.5 Å². The third-order valence-electron chi connectivity index (χ3n) is 5.09. The van der Waals surface area contributed by atoms with Crippen molar-refractivity contribution in [3.8, 4) is 5.75 Å². The number of Topliss-reactive ketones (excluding diaryl/α,β-unsaturated/α-hetero) is 1. The number of halogens is 1. The van der Waals surface area contributed by atoms with Gasteiger partial charge in [-0.3, -0.25) is 14.5 Å². The van der Waals surface area contributed by atoms with Crippen molar-refractivity contribution in [3.63, 3.8) is 0 Å². The summed E-state index contributed by atoms with van der Waals surface area (Å²) in [4.78, 5) is 27.3. The predicted molar refractivity (Wildman–Crippen MR) is 120 cm³/mol. The highest BCUT2D eigenvalue weighted by atomic mass is 35.5. The number of carbonyl (C=O) groups excluding carboxylic acids is 2. The van der Waals surface area contributed by atoms with Crippen LogP contribution in [0, 0.1) is 6.92 Å². The molecule has 1 aromatic heterocycles. The number of nitrogens with zero attached hydrogens (tertiary/aromatic N) is 2. The molecule has 32 heavy (non-hydrogen) atoms. The van der Waals surface area contributed by atoms with Gasteiger partial charge in [0, 0.05) is 16.7 Å². The Hall–Kier alpha value is -3.58. The molecule has 0 radical (unpaired) electrons. The smallest absolute Gasteiger partial charge is 0.301 e. The van der Waals surface area contributed by atoms with E-state index in [1.807, 2.05) is 6.92 Å². The van der Waals surface area contributed by atoms with Crippen molar-refractivity contribution in [1.82, 2.24) is 5.16 Å². The summed E-state index contributed by atoms with van der Waals surface area (Å²) in [6.45, 7) is 4.27. The maximum Gasteiger partial charge on any atom is 0.301 e. The standard InChI is InChI=1S/C24H21ClN2O5/c1-3-12-31-18-10-6-16(7-11-18)22(28)20-21(15-4-8-17(25)9-5-15)27(24(30)23(20)29)19-13-14(2)32-26-19/h4-11,13,21,28H,3,12H2,1-2H3/b22-20+. The van der Waals surface area contributed by atoms with Crippen LogP contribution in [0.3, 0.4) is 0 Å². The normalized spacial score (nSPS) is 17.7. The molecule has 2 aromatic carbocycles. The Bertz CT molecular complexity index is 1180. The van der Waals surface area contributed by atoms with Crippen LogP contribution in [0.25, 0.3) is 5.76 Å². The van der Waals surface area contributed by atoms with Crippen LogP contribution in [0.2, 0.25) is 5.02 Å². The minimum absolute atomic E-state index is 0.0415. The number of hydrogen-bond acceptors (Lipinski definition) is 6. The van der Waals surface area contributed by atoms with E-state index in [0.717, 1.165) is 6.42 Å². The van der Waals surface area contributed by atoms with Gasteiger partial charge in [-0.1, -0.05) is 35.8 Å². The van der Waals surface area contributed by atoms with Gasteiger partial charge in [0.05, 0.1) is 18.2 Å². The molecular weight excluding hydrogens is 432 g/mol. The van der Waals surface area contributed by atoms with Crippen molar-refractivity contribution in [3.05, 3.63) is 82.1 Å². The van der Waals surface area contributed by atoms with E-state index in [2.05, 4.69) is 5.16 Å². The van der Waals surface area contributed by atoms with Crippen molar-refractivity contribution in [2.45, 2.75) is 26.3 Å². The molecule has 0 aliphatic carbocycles. The van der Waals surface area contributed by atoms with Gasteiger partial charge in [0.2, 0.25) is 0 Å². The molecule has 2 heterocycles. The van der Waals surface area contributed by atoms with Gasteiger partial charge < -0.3 is 14.4 Å². The average molecular weight is 453 g/mol.